The molecule has 1 aromatic rings. The third-order valence-electron chi connectivity index (χ3n) is 3.57. The molecule has 0 saturated carbocycles. The van der Waals surface area contributed by atoms with Crippen LogP contribution in [0.3, 0.4) is 0 Å². The van der Waals surface area contributed by atoms with Gasteiger partial charge in [0.2, 0.25) is 11.8 Å². The summed E-state index contributed by atoms with van der Waals surface area (Å²) in [6, 6.07) is 10.4. The van der Waals surface area contributed by atoms with E-state index in [9.17, 15) is 9.59 Å². The van der Waals surface area contributed by atoms with Gasteiger partial charge in [0.25, 0.3) is 0 Å². The highest BCUT2D eigenvalue weighted by Gasteiger charge is 2.25. The average Bonchev–Trinajstić information content (AvgIpc) is 2.86. The molecule has 3 nitrogen and oxygen atoms in total. The molecule has 2 rings (SSSR count). The van der Waals surface area contributed by atoms with Gasteiger partial charge in [-0.05, 0) is 31.2 Å². The second kappa shape index (κ2) is 7.07. The minimum Gasteiger partial charge on any atom is -0.283 e. The molecule has 1 aliphatic rings. The molecule has 1 heterocycles. The van der Waals surface area contributed by atoms with E-state index in [1.54, 1.807) is 0 Å². The molecule has 0 N–H and O–H groups in total. The Morgan fingerprint density at radius 2 is 1.89 bits per heavy atom. The Bertz CT molecular complexity index is 428. The number of carbonyl (C=O) groups is 2. The van der Waals surface area contributed by atoms with Crippen LogP contribution in [0.5, 0.6) is 0 Å². The molecule has 0 atom stereocenters. The smallest absolute Gasteiger partial charge is 0.229 e. The van der Waals surface area contributed by atoms with Gasteiger partial charge in [-0.25, -0.2) is 0 Å². The molecule has 19 heavy (non-hydrogen) atoms. The standard InChI is InChI=1S/C16H21NO2/c18-15(17-13-7-12-16(17)19)11-6-2-5-10-14-8-3-1-4-9-14/h1,3-4,8-9H,2,5-7,10-13H2. The van der Waals surface area contributed by atoms with Crippen molar-refractivity contribution in [3.05, 3.63) is 35.9 Å². The topological polar surface area (TPSA) is 37.4 Å². The quantitative estimate of drug-likeness (QED) is 0.737. The van der Waals surface area contributed by atoms with Crippen molar-refractivity contribution < 1.29 is 9.59 Å². The lowest BCUT2D eigenvalue weighted by Crippen LogP contribution is -2.31. The van der Waals surface area contributed by atoms with E-state index in [-0.39, 0.29) is 11.8 Å². The zero-order valence-corrected chi connectivity index (χ0v) is 11.3. The Morgan fingerprint density at radius 1 is 1.11 bits per heavy atom. The highest BCUT2D eigenvalue weighted by molar-refractivity contribution is 5.96. The van der Waals surface area contributed by atoms with E-state index in [4.69, 9.17) is 0 Å². The first kappa shape index (κ1) is 13.8. The van der Waals surface area contributed by atoms with Crippen molar-refractivity contribution in [2.45, 2.75) is 44.9 Å². The number of unbranched alkanes of at least 4 members (excludes halogenated alkanes) is 2. The maximum Gasteiger partial charge on any atom is 0.229 e. The van der Waals surface area contributed by atoms with Crippen LogP contribution >= 0.6 is 0 Å². The van der Waals surface area contributed by atoms with Gasteiger partial charge in [0.05, 0.1) is 0 Å². The lowest BCUT2D eigenvalue weighted by Gasteiger charge is -2.12. The van der Waals surface area contributed by atoms with Gasteiger partial charge in [-0.1, -0.05) is 36.8 Å². The first-order chi connectivity index (χ1) is 9.27. The molecule has 1 saturated heterocycles. The SMILES string of the molecule is O=C(CCCCCc1ccccc1)N1CCCC1=O. The molecule has 2 amide bonds. The maximum atomic E-state index is 11.8. The van der Waals surface area contributed by atoms with Gasteiger partial charge >= 0.3 is 0 Å². The molecule has 1 aromatic carbocycles. The largest absolute Gasteiger partial charge is 0.283 e. The number of amides is 2. The van der Waals surface area contributed by atoms with Crippen LogP contribution in [0.2, 0.25) is 0 Å². The molecule has 0 aromatic heterocycles. The van der Waals surface area contributed by atoms with E-state index < -0.39 is 0 Å². The number of benzene rings is 1. The summed E-state index contributed by atoms with van der Waals surface area (Å²) in [5.74, 6) is 0.0245. The van der Waals surface area contributed by atoms with Crippen LogP contribution in [0.25, 0.3) is 0 Å². The summed E-state index contributed by atoms with van der Waals surface area (Å²) in [5, 5.41) is 0. The number of nitrogens with zero attached hydrogens (tertiary/aromatic N) is 1. The molecule has 0 aliphatic carbocycles. The van der Waals surface area contributed by atoms with Gasteiger partial charge in [0.1, 0.15) is 0 Å². The lowest BCUT2D eigenvalue weighted by molar-refractivity contribution is -0.141. The Balaban J connectivity index is 1.59. The van der Waals surface area contributed by atoms with E-state index in [0.717, 1.165) is 32.1 Å². The first-order valence-corrected chi connectivity index (χ1v) is 7.14. The zero-order chi connectivity index (χ0) is 13.5. The summed E-state index contributed by atoms with van der Waals surface area (Å²) < 4.78 is 0. The Kier molecular flexibility index (Phi) is 5.13. The summed E-state index contributed by atoms with van der Waals surface area (Å²) >= 11 is 0. The number of hydrogen-bond acceptors (Lipinski definition) is 2. The van der Waals surface area contributed by atoms with Crippen molar-refractivity contribution in [3.63, 3.8) is 0 Å². The van der Waals surface area contributed by atoms with Gasteiger partial charge < -0.3 is 0 Å². The van der Waals surface area contributed by atoms with E-state index in [1.807, 2.05) is 6.07 Å². The highest BCUT2D eigenvalue weighted by Crippen LogP contribution is 2.13. The minimum absolute atomic E-state index is 0.00860. The van der Waals surface area contributed by atoms with E-state index >= 15 is 0 Å². The van der Waals surface area contributed by atoms with Crippen molar-refractivity contribution in [2.24, 2.45) is 0 Å². The lowest BCUT2D eigenvalue weighted by atomic mass is 10.1. The molecule has 102 valence electrons. The molecule has 1 aliphatic heterocycles. The van der Waals surface area contributed by atoms with Crippen molar-refractivity contribution in [1.29, 1.82) is 0 Å². The summed E-state index contributed by atoms with van der Waals surface area (Å²) in [4.78, 5) is 24.6. The van der Waals surface area contributed by atoms with E-state index in [2.05, 4.69) is 24.3 Å². The van der Waals surface area contributed by atoms with Crippen molar-refractivity contribution >= 4 is 11.8 Å². The fraction of sp³-hybridized carbons (Fsp3) is 0.500. The number of hydrogen-bond donors (Lipinski definition) is 0. The summed E-state index contributed by atoms with van der Waals surface area (Å²) in [6.07, 6.45) is 5.99. The average molecular weight is 259 g/mol. The van der Waals surface area contributed by atoms with Gasteiger partial charge in [0, 0.05) is 19.4 Å². The van der Waals surface area contributed by atoms with Crippen molar-refractivity contribution in [2.75, 3.05) is 6.54 Å². The monoisotopic (exact) mass is 259 g/mol. The van der Waals surface area contributed by atoms with Crippen LogP contribution in [0.15, 0.2) is 30.3 Å². The Morgan fingerprint density at radius 3 is 2.58 bits per heavy atom. The zero-order valence-electron chi connectivity index (χ0n) is 11.3. The van der Waals surface area contributed by atoms with Gasteiger partial charge in [-0.2, -0.15) is 0 Å². The third-order valence-corrected chi connectivity index (χ3v) is 3.57. The first-order valence-electron chi connectivity index (χ1n) is 7.14. The van der Waals surface area contributed by atoms with Crippen molar-refractivity contribution in [1.82, 2.24) is 4.90 Å². The number of carbonyl (C=O) groups excluding carboxylic acids is 2. The normalized spacial score (nSPS) is 14.9. The van der Waals surface area contributed by atoms with Crippen molar-refractivity contribution in [3.8, 4) is 0 Å². The fourth-order valence-electron chi connectivity index (χ4n) is 2.47. The molecular formula is C16H21NO2. The van der Waals surface area contributed by atoms with Gasteiger partial charge in [0.15, 0.2) is 0 Å². The van der Waals surface area contributed by atoms with Crippen LogP contribution in [-0.4, -0.2) is 23.3 Å². The number of aryl methyl sites for hydroxylation is 1. The molecule has 0 radical (unpaired) electrons. The van der Waals surface area contributed by atoms with Gasteiger partial charge in [-0.3, -0.25) is 14.5 Å². The van der Waals surface area contributed by atoms with Crippen LogP contribution in [0.1, 0.15) is 44.1 Å². The van der Waals surface area contributed by atoms with E-state index in [1.165, 1.54) is 10.5 Å². The highest BCUT2D eigenvalue weighted by atomic mass is 16.2. The van der Waals surface area contributed by atoms with Crippen LogP contribution in [-0.2, 0) is 16.0 Å². The molecular weight excluding hydrogens is 238 g/mol. The summed E-state index contributed by atoms with van der Waals surface area (Å²) in [7, 11) is 0. The number of imide groups is 1. The minimum atomic E-state index is 0.00860. The number of rotatable bonds is 6. The molecule has 0 unspecified atom stereocenters. The second-order valence-electron chi connectivity index (χ2n) is 5.09. The Hall–Kier alpha value is -1.64. The van der Waals surface area contributed by atoms with E-state index in [0.29, 0.717) is 19.4 Å². The molecule has 3 heteroatoms. The summed E-state index contributed by atoms with van der Waals surface area (Å²) in [5.41, 5.74) is 1.35. The number of likely N-dealkylation sites (tertiary alicyclic amines) is 1. The second-order valence-corrected chi connectivity index (χ2v) is 5.09. The van der Waals surface area contributed by atoms with Crippen LogP contribution in [0, 0.1) is 0 Å². The summed E-state index contributed by atoms with van der Waals surface area (Å²) in [6.45, 7) is 0.627. The maximum absolute atomic E-state index is 11.8. The third kappa shape index (κ3) is 4.19. The van der Waals surface area contributed by atoms with Gasteiger partial charge in [-0.15, -0.1) is 0 Å². The van der Waals surface area contributed by atoms with Crippen LogP contribution < -0.4 is 0 Å². The molecule has 0 bridgehead atoms. The predicted octanol–water partition coefficient (Wildman–Crippen LogP) is 2.94. The molecule has 1 fully saturated rings. The van der Waals surface area contributed by atoms with Crippen LogP contribution in [0.4, 0.5) is 0 Å². The fourth-order valence-corrected chi connectivity index (χ4v) is 2.47. The predicted molar refractivity (Wildman–Crippen MR) is 74.6 cm³/mol. The molecule has 0 spiro atoms. The Labute approximate surface area is 114 Å².